The van der Waals surface area contributed by atoms with Crippen molar-refractivity contribution >= 4 is 56.4 Å². The van der Waals surface area contributed by atoms with Crippen molar-refractivity contribution in [2.45, 2.75) is 11.8 Å². The number of rotatable bonds is 5. The van der Waals surface area contributed by atoms with Crippen LogP contribution < -0.4 is 5.32 Å². The van der Waals surface area contributed by atoms with Crippen LogP contribution in [0.15, 0.2) is 35.5 Å². The van der Waals surface area contributed by atoms with Crippen molar-refractivity contribution in [3.8, 4) is 0 Å². The van der Waals surface area contributed by atoms with Crippen LogP contribution in [0.1, 0.15) is 17.3 Å². The molecule has 0 unspecified atom stereocenters. The summed E-state index contributed by atoms with van der Waals surface area (Å²) in [5, 5.41) is 7.48. The molecule has 0 aliphatic carbocycles. The maximum absolute atomic E-state index is 12.3. The van der Waals surface area contributed by atoms with Gasteiger partial charge in [0, 0.05) is 11.2 Å². The molecule has 1 aromatic carbocycles. The zero-order chi connectivity index (χ0) is 19.8. The van der Waals surface area contributed by atoms with E-state index in [1.807, 2.05) is 0 Å². The highest BCUT2D eigenvalue weighted by molar-refractivity contribution is 7.86. The summed E-state index contributed by atoms with van der Waals surface area (Å²) in [6, 6.07) is 4.63. The molecule has 0 aliphatic heterocycles. The number of hydrogen-bond donors (Lipinski definition) is 2. The maximum atomic E-state index is 12.3. The van der Waals surface area contributed by atoms with Crippen LogP contribution in [0.4, 0.5) is 11.5 Å². The van der Waals surface area contributed by atoms with E-state index >= 15 is 0 Å². The summed E-state index contributed by atoms with van der Waals surface area (Å²) in [5.74, 6) is -0.652. The Labute approximate surface area is 163 Å². The molecule has 0 saturated carbocycles. The molecule has 2 heterocycles. The minimum absolute atomic E-state index is 0.0136. The number of ether oxygens (including phenoxy) is 1. The lowest BCUT2D eigenvalue weighted by atomic mass is 10.2. The van der Waals surface area contributed by atoms with Gasteiger partial charge in [0.15, 0.2) is 16.4 Å². The summed E-state index contributed by atoms with van der Waals surface area (Å²) in [6.07, 6.45) is 2.04. The number of nitrogens with one attached hydrogen (secondary N) is 1. The zero-order valence-electron chi connectivity index (χ0n) is 13.7. The molecule has 3 rings (SSSR count). The average Bonchev–Trinajstić information content (AvgIpc) is 3.02. The number of fused-ring (bicyclic) bond motifs is 1. The Morgan fingerprint density at radius 3 is 2.70 bits per heavy atom. The van der Waals surface area contributed by atoms with Crippen LogP contribution in [0, 0.1) is 0 Å². The van der Waals surface area contributed by atoms with Crippen LogP contribution in [-0.2, 0) is 14.9 Å². The predicted octanol–water partition coefficient (Wildman–Crippen LogP) is 3.20. The van der Waals surface area contributed by atoms with E-state index < -0.39 is 21.0 Å². The Morgan fingerprint density at radius 1 is 1.33 bits per heavy atom. The number of nitrogens with zero attached hydrogens (tertiary/aromatic N) is 3. The van der Waals surface area contributed by atoms with Gasteiger partial charge in [0.2, 0.25) is 0 Å². The minimum atomic E-state index is -4.57. The first-order valence-electron chi connectivity index (χ1n) is 7.45. The molecule has 0 bridgehead atoms. The molecular formula is C15H12Cl2N4O5S. The van der Waals surface area contributed by atoms with E-state index in [4.69, 9.17) is 27.9 Å². The van der Waals surface area contributed by atoms with E-state index in [1.54, 1.807) is 19.1 Å². The Balaban J connectivity index is 2.23. The van der Waals surface area contributed by atoms with Crippen LogP contribution in [0.2, 0.25) is 10.0 Å². The fraction of sp³-hybridized carbons (Fsp3) is 0.133. The molecule has 0 amide bonds. The van der Waals surface area contributed by atoms with Crippen LogP contribution in [0.3, 0.4) is 0 Å². The highest BCUT2D eigenvalue weighted by Crippen LogP contribution is 2.30. The molecule has 2 aromatic heterocycles. The van der Waals surface area contributed by atoms with Gasteiger partial charge in [-0.15, -0.1) is 0 Å². The second kappa shape index (κ2) is 7.31. The molecule has 0 aliphatic rings. The third-order valence-electron chi connectivity index (χ3n) is 3.45. The smallest absolute Gasteiger partial charge is 0.343 e. The Hall–Kier alpha value is -2.40. The molecule has 3 aromatic rings. The van der Waals surface area contributed by atoms with Gasteiger partial charge in [-0.3, -0.25) is 4.55 Å². The first kappa shape index (κ1) is 19.4. The van der Waals surface area contributed by atoms with Gasteiger partial charge in [0.25, 0.3) is 10.1 Å². The summed E-state index contributed by atoms with van der Waals surface area (Å²) >= 11 is 12.0. The van der Waals surface area contributed by atoms with Gasteiger partial charge in [-0.05, 0) is 25.1 Å². The number of halogens is 2. The quantitative estimate of drug-likeness (QED) is 0.467. The predicted molar refractivity (Wildman–Crippen MR) is 98.5 cm³/mol. The topological polar surface area (TPSA) is 123 Å². The number of esters is 1. The number of aromatic nitrogens is 3. The van der Waals surface area contributed by atoms with Gasteiger partial charge in [-0.2, -0.15) is 18.0 Å². The normalized spacial score (nSPS) is 11.6. The third-order valence-corrected chi connectivity index (χ3v) is 4.84. The zero-order valence-corrected chi connectivity index (χ0v) is 16.0. The van der Waals surface area contributed by atoms with Gasteiger partial charge in [0.05, 0.1) is 23.5 Å². The standard InChI is InChI=1S/C15H12Cl2N4O5S/c1-2-26-15(22)9-6-18-14-12(27(23,24)25)7-19-21(14)13(9)20-11-4-3-8(16)5-10(11)17/h3-7,20H,2H2,1H3,(H,23,24,25). The summed E-state index contributed by atoms with van der Waals surface area (Å²) in [7, 11) is -4.57. The van der Waals surface area contributed by atoms with Crippen molar-refractivity contribution in [1.29, 1.82) is 0 Å². The fourth-order valence-electron chi connectivity index (χ4n) is 2.29. The lowest BCUT2D eigenvalue weighted by Gasteiger charge is -2.14. The van der Waals surface area contributed by atoms with Crippen molar-refractivity contribution in [2.24, 2.45) is 0 Å². The van der Waals surface area contributed by atoms with Gasteiger partial charge in [-0.1, -0.05) is 23.2 Å². The fourth-order valence-corrected chi connectivity index (χ4v) is 3.29. The number of carbonyl (C=O) groups is 1. The molecule has 2 N–H and O–H groups in total. The summed E-state index contributed by atoms with van der Waals surface area (Å²) in [5.41, 5.74) is 0.182. The summed E-state index contributed by atoms with van der Waals surface area (Å²) in [6.45, 7) is 1.75. The Morgan fingerprint density at radius 2 is 2.07 bits per heavy atom. The van der Waals surface area contributed by atoms with E-state index in [9.17, 15) is 17.8 Å². The number of carbonyl (C=O) groups excluding carboxylic acids is 1. The molecular weight excluding hydrogens is 419 g/mol. The molecule has 0 spiro atoms. The molecule has 0 atom stereocenters. The van der Waals surface area contributed by atoms with Gasteiger partial charge >= 0.3 is 5.97 Å². The van der Waals surface area contributed by atoms with Crippen LogP contribution in [-0.4, -0.2) is 40.1 Å². The molecule has 142 valence electrons. The van der Waals surface area contributed by atoms with E-state index in [-0.39, 0.29) is 28.7 Å². The second-order valence-electron chi connectivity index (χ2n) is 5.21. The first-order chi connectivity index (χ1) is 12.7. The minimum Gasteiger partial charge on any atom is -0.462 e. The van der Waals surface area contributed by atoms with Gasteiger partial charge in [-0.25, -0.2) is 9.78 Å². The monoisotopic (exact) mass is 430 g/mol. The van der Waals surface area contributed by atoms with Crippen LogP contribution in [0.25, 0.3) is 5.65 Å². The van der Waals surface area contributed by atoms with Crippen LogP contribution in [0.5, 0.6) is 0 Å². The third kappa shape index (κ3) is 3.83. The highest BCUT2D eigenvalue weighted by Gasteiger charge is 2.24. The Bertz CT molecular complexity index is 1150. The number of anilines is 2. The first-order valence-corrected chi connectivity index (χ1v) is 9.65. The number of benzene rings is 1. The molecule has 0 fully saturated rings. The lowest BCUT2D eigenvalue weighted by molar-refractivity contribution is 0.0526. The molecule has 0 saturated heterocycles. The van der Waals surface area contributed by atoms with Crippen molar-refractivity contribution in [2.75, 3.05) is 11.9 Å². The maximum Gasteiger partial charge on any atom is 0.343 e. The summed E-state index contributed by atoms with van der Waals surface area (Å²) in [4.78, 5) is 15.7. The molecule has 12 heteroatoms. The van der Waals surface area contributed by atoms with Gasteiger partial charge in [0.1, 0.15) is 5.56 Å². The lowest BCUT2D eigenvalue weighted by Crippen LogP contribution is -2.13. The van der Waals surface area contributed by atoms with Crippen molar-refractivity contribution in [3.05, 3.63) is 46.2 Å². The van der Waals surface area contributed by atoms with Crippen molar-refractivity contribution in [1.82, 2.24) is 14.6 Å². The Kier molecular flexibility index (Phi) is 5.24. The SMILES string of the molecule is CCOC(=O)c1cnc2c(S(=O)(=O)O)cnn2c1Nc1ccc(Cl)cc1Cl. The van der Waals surface area contributed by atoms with E-state index in [1.165, 1.54) is 6.07 Å². The van der Waals surface area contributed by atoms with E-state index in [0.717, 1.165) is 16.9 Å². The molecule has 9 nitrogen and oxygen atoms in total. The largest absolute Gasteiger partial charge is 0.462 e. The van der Waals surface area contributed by atoms with Crippen molar-refractivity contribution in [3.63, 3.8) is 0 Å². The average molecular weight is 431 g/mol. The van der Waals surface area contributed by atoms with Crippen molar-refractivity contribution < 1.29 is 22.5 Å². The highest BCUT2D eigenvalue weighted by atomic mass is 35.5. The van der Waals surface area contributed by atoms with E-state index in [0.29, 0.717) is 10.7 Å². The molecule has 27 heavy (non-hydrogen) atoms. The van der Waals surface area contributed by atoms with Gasteiger partial charge < -0.3 is 10.1 Å². The van der Waals surface area contributed by atoms with Crippen LogP contribution >= 0.6 is 23.2 Å². The van der Waals surface area contributed by atoms with E-state index in [2.05, 4.69) is 15.4 Å². The summed E-state index contributed by atoms with van der Waals surface area (Å²) < 4.78 is 38.4. The number of hydrogen-bond acceptors (Lipinski definition) is 7. The second-order valence-corrected chi connectivity index (χ2v) is 7.44. The molecule has 0 radical (unpaired) electrons.